The van der Waals surface area contributed by atoms with Gasteiger partial charge in [0, 0.05) is 27.5 Å². The Labute approximate surface area is 312 Å². The van der Waals surface area contributed by atoms with Gasteiger partial charge in [0.05, 0.1) is 16.8 Å². The number of furan rings is 1. The third-order valence-corrected chi connectivity index (χ3v) is 11.2. The molecule has 0 bridgehead atoms. The maximum absolute atomic E-state index is 6.21. The number of fused-ring (bicyclic) bond motifs is 7. The molecule has 0 N–H and O–H groups in total. The number of benzene rings is 8. The van der Waals surface area contributed by atoms with Crippen LogP contribution in [0.25, 0.3) is 77.7 Å². The molecule has 252 valence electrons. The van der Waals surface area contributed by atoms with E-state index in [1.54, 1.807) is 0 Å². The van der Waals surface area contributed by atoms with Crippen LogP contribution < -0.4 is 0 Å². The van der Waals surface area contributed by atoms with Crippen LogP contribution in [0.4, 0.5) is 0 Å². The van der Waals surface area contributed by atoms with Crippen molar-refractivity contribution in [3.05, 3.63) is 216 Å². The molecule has 0 spiro atoms. The highest BCUT2D eigenvalue weighted by atomic mass is 16.3. The van der Waals surface area contributed by atoms with Crippen molar-refractivity contribution in [2.75, 3.05) is 0 Å². The molecule has 2 aromatic heterocycles. The van der Waals surface area contributed by atoms with Crippen LogP contribution in [0.5, 0.6) is 0 Å². The first-order valence-electron chi connectivity index (χ1n) is 18.4. The second-order valence-corrected chi connectivity index (χ2v) is 14.1. The van der Waals surface area contributed by atoms with E-state index in [1.165, 1.54) is 33.4 Å². The van der Waals surface area contributed by atoms with Crippen LogP contribution in [-0.4, -0.2) is 9.97 Å². The van der Waals surface area contributed by atoms with Gasteiger partial charge in [-0.3, -0.25) is 0 Å². The van der Waals surface area contributed by atoms with Gasteiger partial charge in [0.1, 0.15) is 11.2 Å². The smallest absolute Gasteiger partial charge is 0.161 e. The van der Waals surface area contributed by atoms with Gasteiger partial charge in [0.15, 0.2) is 5.82 Å². The Kier molecular flexibility index (Phi) is 6.77. The van der Waals surface area contributed by atoms with E-state index in [1.807, 2.05) is 12.1 Å². The minimum Gasteiger partial charge on any atom is -0.456 e. The lowest BCUT2D eigenvalue weighted by molar-refractivity contribution is 0.669. The summed E-state index contributed by atoms with van der Waals surface area (Å²) in [6.07, 6.45) is 0. The van der Waals surface area contributed by atoms with Gasteiger partial charge in [-0.1, -0.05) is 158 Å². The molecule has 10 aromatic rings. The topological polar surface area (TPSA) is 38.9 Å². The van der Waals surface area contributed by atoms with Crippen molar-refractivity contribution < 1.29 is 4.42 Å². The molecule has 0 amide bonds. The first-order chi connectivity index (χ1) is 26.8. The van der Waals surface area contributed by atoms with E-state index in [9.17, 15) is 0 Å². The van der Waals surface area contributed by atoms with Crippen LogP contribution in [0.1, 0.15) is 22.3 Å². The van der Waals surface area contributed by atoms with E-state index in [0.29, 0.717) is 5.82 Å². The Balaban J connectivity index is 1.18. The summed E-state index contributed by atoms with van der Waals surface area (Å²) in [4.78, 5) is 10.7. The van der Waals surface area contributed by atoms with Gasteiger partial charge in [-0.2, -0.15) is 0 Å². The van der Waals surface area contributed by atoms with Crippen LogP contribution in [0.15, 0.2) is 199 Å². The summed E-state index contributed by atoms with van der Waals surface area (Å²) < 4.78 is 6.21. The van der Waals surface area contributed by atoms with Crippen molar-refractivity contribution in [2.24, 2.45) is 0 Å². The van der Waals surface area contributed by atoms with Crippen LogP contribution in [0.2, 0.25) is 0 Å². The Hall–Kier alpha value is -7.10. The zero-order chi connectivity index (χ0) is 35.6. The highest BCUT2D eigenvalue weighted by Crippen LogP contribution is 2.56. The van der Waals surface area contributed by atoms with Crippen LogP contribution in [-0.2, 0) is 5.41 Å². The number of para-hydroxylation sites is 1. The fourth-order valence-electron chi connectivity index (χ4n) is 8.77. The van der Waals surface area contributed by atoms with Crippen molar-refractivity contribution >= 4 is 32.7 Å². The summed E-state index contributed by atoms with van der Waals surface area (Å²) in [7, 11) is 0. The van der Waals surface area contributed by atoms with E-state index < -0.39 is 5.41 Å². The van der Waals surface area contributed by atoms with Crippen LogP contribution >= 0.6 is 0 Å². The molecule has 0 saturated heterocycles. The third kappa shape index (κ3) is 4.55. The molecular weight excluding hydrogens is 657 g/mol. The van der Waals surface area contributed by atoms with Gasteiger partial charge in [0.2, 0.25) is 0 Å². The maximum atomic E-state index is 6.21. The normalized spacial score (nSPS) is 13.0. The molecule has 0 unspecified atom stereocenters. The lowest BCUT2D eigenvalue weighted by Crippen LogP contribution is -2.28. The molecule has 3 nitrogen and oxygen atoms in total. The molecule has 3 heteroatoms. The number of aromatic nitrogens is 2. The number of rotatable bonds is 5. The van der Waals surface area contributed by atoms with Crippen molar-refractivity contribution in [1.82, 2.24) is 9.97 Å². The first kappa shape index (κ1) is 30.5. The molecule has 1 aliphatic carbocycles. The number of nitrogens with zero attached hydrogens (tertiary/aromatic N) is 2. The van der Waals surface area contributed by atoms with E-state index in [0.717, 1.165) is 60.8 Å². The van der Waals surface area contributed by atoms with Gasteiger partial charge in [-0.25, -0.2) is 9.97 Å². The molecule has 0 saturated carbocycles. The summed E-state index contributed by atoms with van der Waals surface area (Å²) in [5.41, 5.74) is 13.5. The van der Waals surface area contributed by atoms with E-state index >= 15 is 0 Å². The standard InChI is InChI=1S/C51H32N2O/c1-3-16-36(17-4-1)51(37-18-5-2-6-19-37)44-24-11-9-21-39(44)40-28-26-35(31-45(40)51)47-32-46(34-27-29-49-43(30-34)41-22-10-12-25-48(41)54-49)52-50(53-47)42-23-13-15-33-14-7-8-20-38(33)42/h1-32H. The highest BCUT2D eigenvalue weighted by Gasteiger charge is 2.46. The SMILES string of the molecule is c1ccc(C2(c3ccccc3)c3ccccc3-c3ccc(-c4cc(-c5ccc6oc7ccccc7c6c5)nc(-c5cccc6ccccc56)n4)cc32)cc1. The number of hydrogen-bond acceptors (Lipinski definition) is 3. The Morgan fingerprint density at radius 2 is 0.944 bits per heavy atom. The Morgan fingerprint density at radius 1 is 0.370 bits per heavy atom. The predicted molar refractivity (Wildman–Crippen MR) is 220 cm³/mol. The molecule has 0 aliphatic heterocycles. The second kappa shape index (κ2) is 12.0. The van der Waals surface area contributed by atoms with Gasteiger partial charge in [-0.15, -0.1) is 0 Å². The zero-order valence-electron chi connectivity index (χ0n) is 29.3. The molecule has 8 aromatic carbocycles. The molecule has 0 fully saturated rings. The predicted octanol–water partition coefficient (Wildman–Crippen LogP) is 12.9. The Bertz CT molecular complexity index is 3010. The molecule has 0 radical (unpaired) electrons. The van der Waals surface area contributed by atoms with Crippen LogP contribution in [0, 0.1) is 0 Å². The monoisotopic (exact) mass is 688 g/mol. The van der Waals surface area contributed by atoms with Crippen molar-refractivity contribution in [2.45, 2.75) is 5.41 Å². The molecule has 0 atom stereocenters. The minimum absolute atomic E-state index is 0.508. The molecule has 11 rings (SSSR count). The lowest BCUT2D eigenvalue weighted by Gasteiger charge is -2.34. The first-order valence-corrected chi connectivity index (χ1v) is 18.4. The van der Waals surface area contributed by atoms with Gasteiger partial charge in [-0.05, 0) is 80.6 Å². The van der Waals surface area contributed by atoms with Crippen molar-refractivity contribution in [3.63, 3.8) is 0 Å². The van der Waals surface area contributed by atoms with E-state index in [-0.39, 0.29) is 0 Å². The fraction of sp³-hybridized carbons (Fsp3) is 0.0196. The molecule has 2 heterocycles. The van der Waals surface area contributed by atoms with Gasteiger partial charge < -0.3 is 4.42 Å². The highest BCUT2D eigenvalue weighted by molar-refractivity contribution is 6.06. The summed E-state index contributed by atoms with van der Waals surface area (Å²) in [5, 5.41) is 4.44. The Morgan fingerprint density at radius 3 is 1.74 bits per heavy atom. The minimum atomic E-state index is -0.508. The summed E-state index contributed by atoms with van der Waals surface area (Å²) in [6.45, 7) is 0. The lowest BCUT2D eigenvalue weighted by atomic mass is 9.67. The van der Waals surface area contributed by atoms with E-state index in [4.69, 9.17) is 14.4 Å². The summed E-state index contributed by atoms with van der Waals surface area (Å²) in [5.74, 6) is 0.692. The van der Waals surface area contributed by atoms with Crippen LogP contribution in [0.3, 0.4) is 0 Å². The van der Waals surface area contributed by atoms with Gasteiger partial charge >= 0.3 is 0 Å². The third-order valence-electron chi connectivity index (χ3n) is 11.2. The fourth-order valence-corrected chi connectivity index (χ4v) is 8.77. The average Bonchev–Trinajstić information content (AvgIpc) is 3.77. The van der Waals surface area contributed by atoms with Crippen molar-refractivity contribution in [1.29, 1.82) is 0 Å². The second-order valence-electron chi connectivity index (χ2n) is 14.1. The molecular formula is C51H32N2O. The number of hydrogen-bond donors (Lipinski definition) is 0. The summed E-state index contributed by atoms with van der Waals surface area (Å²) >= 11 is 0. The molecule has 54 heavy (non-hydrogen) atoms. The zero-order valence-corrected chi connectivity index (χ0v) is 29.3. The largest absolute Gasteiger partial charge is 0.456 e. The quantitative estimate of drug-likeness (QED) is 0.181. The maximum Gasteiger partial charge on any atom is 0.161 e. The average molecular weight is 689 g/mol. The van der Waals surface area contributed by atoms with Crippen molar-refractivity contribution in [3.8, 4) is 45.0 Å². The van der Waals surface area contributed by atoms with Gasteiger partial charge in [0.25, 0.3) is 0 Å². The molecule has 1 aliphatic rings. The van der Waals surface area contributed by atoms with E-state index in [2.05, 4.69) is 182 Å². The summed E-state index contributed by atoms with van der Waals surface area (Å²) in [6, 6.07) is 69.2.